The molecule has 2 heterocycles. The average molecular weight is 593 g/mol. The molecular weight excluding hydrogens is 561 g/mol. The Morgan fingerprint density at radius 3 is 2.41 bits per heavy atom. The van der Waals surface area contributed by atoms with Gasteiger partial charge < -0.3 is 19.5 Å². The monoisotopic (exact) mass is 591 g/mol. The number of ether oxygens (including phenoxy) is 3. The van der Waals surface area contributed by atoms with Crippen LogP contribution < -0.4 is 14.8 Å². The van der Waals surface area contributed by atoms with Gasteiger partial charge >= 0.3 is 5.97 Å². The molecule has 1 saturated carbocycles. The van der Waals surface area contributed by atoms with Crippen molar-refractivity contribution in [2.75, 3.05) is 12.4 Å². The van der Waals surface area contributed by atoms with Crippen LogP contribution in [0, 0.1) is 0 Å². The Morgan fingerprint density at radius 1 is 0.976 bits per heavy atom. The van der Waals surface area contributed by atoms with Gasteiger partial charge in [-0.05, 0) is 78.8 Å². The summed E-state index contributed by atoms with van der Waals surface area (Å²) in [5.74, 6) is 0.786. The van der Waals surface area contributed by atoms with Crippen LogP contribution >= 0.6 is 23.2 Å². The summed E-state index contributed by atoms with van der Waals surface area (Å²) in [5, 5.41) is 4.12. The summed E-state index contributed by atoms with van der Waals surface area (Å²) >= 11 is 12.9. The highest BCUT2D eigenvalue weighted by Crippen LogP contribution is 2.37. The van der Waals surface area contributed by atoms with Gasteiger partial charge in [0.15, 0.2) is 11.5 Å². The summed E-state index contributed by atoms with van der Waals surface area (Å²) < 4.78 is 18.0. The zero-order valence-electron chi connectivity index (χ0n) is 22.7. The van der Waals surface area contributed by atoms with E-state index in [4.69, 9.17) is 37.4 Å². The molecule has 4 aromatic rings. The number of hydrogen-bond acceptors (Lipinski definition) is 7. The molecule has 1 aliphatic rings. The van der Waals surface area contributed by atoms with Gasteiger partial charge in [0.25, 0.3) is 0 Å². The van der Waals surface area contributed by atoms with E-state index in [1.165, 1.54) is 12.4 Å². The largest absolute Gasteiger partial charge is 0.493 e. The molecule has 2 aromatic carbocycles. The lowest BCUT2D eigenvalue weighted by Crippen LogP contribution is -2.16. The highest BCUT2D eigenvalue weighted by molar-refractivity contribution is 6.35. The van der Waals surface area contributed by atoms with E-state index in [9.17, 15) is 4.79 Å². The molecule has 1 N–H and O–H groups in total. The lowest BCUT2D eigenvalue weighted by atomic mass is 10.0. The normalized spacial score (nSPS) is 13.9. The quantitative estimate of drug-likeness (QED) is 0.178. The molecule has 5 rings (SSSR count). The van der Waals surface area contributed by atoms with Crippen LogP contribution in [0.1, 0.15) is 58.8 Å². The Balaban J connectivity index is 1.37. The predicted octanol–water partition coefficient (Wildman–Crippen LogP) is 7.87. The number of carbonyl (C=O) groups is 1. The van der Waals surface area contributed by atoms with Crippen molar-refractivity contribution >= 4 is 34.9 Å². The molecule has 0 spiro atoms. The van der Waals surface area contributed by atoms with E-state index in [0.717, 1.165) is 42.5 Å². The van der Waals surface area contributed by atoms with Gasteiger partial charge in [-0.1, -0.05) is 41.4 Å². The Hall–Kier alpha value is -3.81. The maximum absolute atomic E-state index is 13.4. The third-order valence-corrected chi connectivity index (χ3v) is 7.75. The van der Waals surface area contributed by atoms with E-state index in [-0.39, 0.29) is 12.5 Å². The van der Waals surface area contributed by atoms with Gasteiger partial charge in [0.1, 0.15) is 6.10 Å². The molecule has 0 radical (unpaired) electrons. The van der Waals surface area contributed by atoms with Gasteiger partial charge in [0.2, 0.25) is 0 Å². The second-order valence-corrected chi connectivity index (χ2v) is 10.7. The number of aromatic nitrogens is 2. The van der Waals surface area contributed by atoms with Crippen LogP contribution in [0.2, 0.25) is 10.0 Å². The van der Waals surface area contributed by atoms with Gasteiger partial charge in [-0.25, -0.2) is 4.79 Å². The SMILES string of the molecule is COc1ccc(C(Cc2c(Cl)cncc2Cl)OC(=O)c2ccc(CNc3cccnc3)cc2)cc1OC1CCCC1. The summed E-state index contributed by atoms with van der Waals surface area (Å²) in [6.45, 7) is 0.596. The van der Waals surface area contributed by atoms with Crippen molar-refractivity contribution in [1.82, 2.24) is 9.97 Å². The van der Waals surface area contributed by atoms with Crippen molar-refractivity contribution in [3.8, 4) is 11.5 Å². The van der Waals surface area contributed by atoms with Crippen LogP contribution in [0.5, 0.6) is 11.5 Å². The van der Waals surface area contributed by atoms with Crippen molar-refractivity contribution in [2.45, 2.75) is 50.9 Å². The standard InChI is InChI=1S/C32H31Cl2N3O4/c1-39-29-13-12-23(15-31(29)40-25-6-2-3-7-25)30(16-26-27(33)19-36-20-28(26)34)41-32(38)22-10-8-21(9-11-22)17-37-24-5-4-14-35-18-24/h4-5,8-15,18-20,25,30,37H,2-3,6-7,16-17H2,1H3. The highest BCUT2D eigenvalue weighted by atomic mass is 35.5. The first-order valence-corrected chi connectivity index (χ1v) is 14.3. The van der Waals surface area contributed by atoms with Crippen LogP contribution in [0.3, 0.4) is 0 Å². The number of methoxy groups -OCH3 is 1. The van der Waals surface area contributed by atoms with Gasteiger partial charge in [-0.2, -0.15) is 0 Å². The van der Waals surface area contributed by atoms with Crippen molar-refractivity contribution in [3.05, 3.63) is 112 Å². The number of pyridine rings is 2. The fourth-order valence-electron chi connectivity index (χ4n) is 4.84. The zero-order chi connectivity index (χ0) is 28.6. The van der Waals surface area contributed by atoms with Crippen molar-refractivity contribution < 1.29 is 19.0 Å². The number of halogens is 2. The van der Waals surface area contributed by atoms with Crippen molar-refractivity contribution in [2.24, 2.45) is 0 Å². The molecule has 0 bridgehead atoms. The van der Waals surface area contributed by atoms with E-state index in [1.807, 2.05) is 42.5 Å². The smallest absolute Gasteiger partial charge is 0.338 e. The van der Waals surface area contributed by atoms with Crippen molar-refractivity contribution in [1.29, 1.82) is 0 Å². The number of benzene rings is 2. The number of rotatable bonds is 11. The predicted molar refractivity (Wildman–Crippen MR) is 160 cm³/mol. The second-order valence-electron chi connectivity index (χ2n) is 9.91. The number of hydrogen-bond donors (Lipinski definition) is 1. The summed E-state index contributed by atoms with van der Waals surface area (Å²) in [6.07, 6.45) is 10.5. The molecule has 0 saturated heterocycles. The number of nitrogens with one attached hydrogen (secondary N) is 1. The minimum Gasteiger partial charge on any atom is -0.493 e. The molecule has 0 aliphatic heterocycles. The average Bonchev–Trinajstić information content (AvgIpc) is 3.51. The molecule has 9 heteroatoms. The molecule has 1 atom stereocenters. The van der Waals surface area contributed by atoms with E-state index in [2.05, 4.69) is 15.3 Å². The third kappa shape index (κ3) is 7.48. The molecular formula is C32H31Cl2N3O4. The third-order valence-electron chi connectivity index (χ3n) is 7.09. The number of carbonyl (C=O) groups excluding carboxylic acids is 1. The second kappa shape index (κ2) is 13.7. The Morgan fingerprint density at radius 2 is 1.73 bits per heavy atom. The summed E-state index contributed by atoms with van der Waals surface area (Å²) in [7, 11) is 1.61. The van der Waals surface area contributed by atoms with E-state index in [0.29, 0.717) is 39.2 Å². The molecule has 1 aliphatic carbocycles. The van der Waals surface area contributed by atoms with Crippen molar-refractivity contribution in [3.63, 3.8) is 0 Å². The molecule has 1 fully saturated rings. The van der Waals surface area contributed by atoms with E-state index < -0.39 is 12.1 Å². The number of esters is 1. The Bertz CT molecular complexity index is 1440. The Kier molecular flexibility index (Phi) is 9.59. The first kappa shape index (κ1) is 28.7. The zero-order valence-corrected chi connectivity index (χ0v) is 24.2. The fraction of sp³-hybridized carbons (Fsp3) is 0.281. The molecule has 2 aromatic heterocycles. The van der Waals surface area contributed by atoms with E-state index >= 15 is 0 Å². The van der Waals surface area contributed by atoms with Gasteiger partial charge in [0, 0.05) is 37.8 Å². The lowest BCUT2D eigenvalue weighted by Gasteiger charge is -2.22. The number of anilines is 1. The molecule has 41 heavy (non-hydrogen) atoms. The minimum atomic E-state index is -0.691. The van der Waals surface area contributed by atoms with Crippen LogP contribution in [-0.2, 0) is 17.7 Å². The molecule has 212 valence electrons. The highest BCUT2D eigenvalue weighted by Gasteiger charge is 2.25. The van der Waals surface area contributed by atoms with Crippen LogP contribution in [-0.4, -0.2) is 29.2 Å². The molecule has 0 amide bonds. The van der Waals surface area contributed by atoms with Gasteiger partial charge in [-0.3, -0.25) is 9.97 Å². The maximum Gasteiger partial charge on any atom is 0.338 e. The topological polar surface area (TPSA) is 82.6 Å². The minimum absolute atomic E-state index is 0.135. The lowest BCUT2D eigenvalue weighted by molar-refractivity contribution is 0.0296. The first-order valence-electron chi connectivity index (χ1n) is 13.6. The molecule has 7 nitrogen and oxygen atoms in total. The number of nitrogens with zero attached hydrogens (tertiary/aromatic N) is 2. The summed E-state index contributed by atoms with van der Waals surface area (Å²) in [6, 6.07) is 16.7. The Labute approximate surface area is 249 Å². The maximum atomic E-state index is 13.4. The van der Waals surface area contributed by atoms with Crippen LogP contribution in [0.4, 0.5) is 5.69 Å². The first-order chi connectivity index (χ1) is 20.0. The van der Waals surface area contributed by atoms with Crippen LogP contribution in [0.15, 0.2) is 79.4 Å². The van der Waals surface area contributed by atoms with Gasteiger partial charge in [0.05, 0.1) is 34.5 Å². The fourth-order valence-corrected chi connectivity index (χ4v) is 5.36. The van der Waals surface area contributed by atoms with E-state index in [1.54, 1.807) is 31.6 Å². The van der Waals surface area contributed by atoms with Crippen LogP contribution in [0.25, 0.3) is 0 Å². The summed E-state index contributed by atoms with van der Waals surface area (Å²) in [5.41, 5.74) is 3.76. The summed E-state index contributed by atoms with van der Waals surface area (Å²) in [4.78, 5) is 21.5. The van der Waals surface area contributed by atoms with Gasteiger partial charge in [-0.15, -0.1) is 0 Å². The molecule has 1 unspecified atom stereocenters.